The molecule has 0 amide bonds. The number of hydrogen-bond donors (Lipinski definition) is 0. The first-order chi connectivity index (χ1) is 12.3. The summed E-state index contributed by atoms with van der Waals surface area (Å²) in [5.41, 5.74) is 0. The van der Waals surface area contributed by atoms with E-state index in [1.807, 2.05) is 0 Å². The van der Waals surface area contributed by atoms with Crippen molar-refractivity contribution in [3.8, 4) is 0 Å². The van der Waals surface area contributed by atoms with Crippen molar-refractivity contribution in [3.05, 3.63) is 0 Å². The third-order valence-corrected chi connectivity index (χ3v) is 5.48. The predicted octanol–water partition coefficient (Wildman–Crippen LogP) is 8.37. The van der Waals surface area contributed by atoms with E-state index < -0.39 is 0 Å². The van der Waals surface area contributed by atoms with Crippen LogP contribution in [0.5, 0.6) is 0 Å². The van der Waals surface area contributed by atoms with Gasteiger partial charge in [0.05, 0.1) is 0 Å². The molecule has 0 saturated heterocycles. The second-order valence-electron chi connectivity index (χ2n) is 8.14. The van der Waals surface area contributed by atoms with E-state index in [1.54, 1.807) is 0 Å². The van der Waals surface area contributed by atoms with Gasteiger partial charge < -0.3 is 4.90 Å². The molecule has 0 spiro atoms. The summed E-state index contributed by atoms with van der Waals surface area (Å²) in [6, 6.07) is 0. The van der Waals surface area contributed by atoms with Gasteiger partial charge in [-0.25, -0.2) is 0 Å². The molecule has 0 bridgehead atoms. The molecule has 1 nitrogen and oxygen atoms in total. The molecule has 0 atom stereocenters. The van der Waals surface area contributed by atoms with E-state index >= 15 is 0 Å². The van der Waals surface area contributed by atoms with Gasteiger partial charge in [-0.1, -0.05) is 117 Å². The molecule has 0 fully saturated rings. The summed E-state index contributed by atoms with van der Waals surface area (Å²) in [7, 11) is 0. The largest absolute Gasteiger partial charge is 0.303 e. The molecule has 2 heteroatoms. The topological polar surface area (TPSA) is 3.24 Å². The maximum atomic E-state index is 2.79. The van der Waals surface area contributed by atoms with Crippen molar-refractivity contribution in [1.82, 2.24) is 4.90 Å². The van der Waals surface area contributed by atoms with Gasteiger partial charge in [0.25, 0.3) is 0 Å². The third-order valence-electron chi connectivity index (χ3n) is 5.48. The SMILES string of the molecule is CCCCCCCCN(CCCCCCCC)CCCCCCCC.[Mo]. The molecule has 0 aliphatic carbocycles. The fraction of sp³-hybridized carbons (Fsp3) is 1.00. The van der Waals surface area contributed by atoms with Gasteiger partial charge in [0.15, 0.2) is 0 Å². The van der Waals surface area contributed by atoms with E-state index in [1.165, 1.54) is 135 Å². The van der Waals surface area contributed by atoms with Crippen LogP contribution in [0, 0.1) is 0 Å². The Balaban J connectivity index is 0. The molecule has 0 rings (SSSR count). The Hall–Kier alpha value is 0.648. The van der Waals surface area contributed by atoms with Crippen LogP contribution in [0.25, 0.3) is 0 Å². The van der Waals surface area contributed by atoms with Crippen molar-refractivity contribution in [3.63, 3.8) is 0 Å². The molecule has 0 aromatic heterocycles. The van der Waals surface area contributed by atoms with Crippen LogP contribution in [0.1, 0.15) is 136 Å². The average Bonchev–Trinajstić information content (AvgIpc) is 2.63. The fourth-order valence-corrected chi connectivity index (χ4v) is 3.68. The van der Waals surface area contributed by atoms with Crippen LogP contribution in [0.4, 0.5) is 0 Å². The molecule has 0 N–H and O–H groups in total. The molecule has 0 aromatic carbocycles. The Morgan fingerprint density at radius 1 is 0.346 bits per heavy atom. The summed E-state index contributed by atoms with van der Waals surface area (Å²) in [6.45, 7) is 11.0. The van der Waals surface area contributed by atoms with Crippen LogP contribution in [0.2, 0.25) is 0 Å². The molecule has 0 saturated carbocycles. The van der Waals surface area contributed by atoms with Crippen LogP contribution < -0.4 is 0 Å². The standard InChI is InChI=1S/C24H51N.Mo/c1-4-7-10-13-16-19-22-25(23-20-17-14-11-8-5-2)24-21-18-15-12-9-6-3;/h4-24H2,1-3H3;. The van der Waals surface area contributed by atoms with Gasteiger partial charge in [-0.05, 0) is 38.9 Å². The maximum Gasteiger partial charge on any atom is 0 e. The fourth-order valence-electron chi connectivity index (χ4n) is 3.68. The Morgan fingerprint density at radius 3 is 0.846 bits per heavy atom. The van der Waals surface area contributed by atoms with Crippen molar-refractivity contribution in [1.29, 1.82) is 0 Å². The minimum atomic E-state index is 0. The molecular weight excluding hydrogens is 398 g/mol. The van der Waals surface area contributed by atoms with Gasteiger partial charge in [-0.15, -0.1) is 0 Å². The summed E-state index contributed by atoms with van der Waals surface area (Å²) >= 11 is 0. The molecule has 158 valence electrons. The first kappa shape index (κ1) is 28.9. The molecule has 0 aromatic rings. The number of nitrogens with zero attached hydrogens (tertiary/aromatic N) is 1. The van der Waals surface area contributed by atoms with Crippen LogP contribution in [-0.2, 0) is 21.1 Å². The van der Waals surface area contributed by atoms with Crippen LogP contribution in [-0.4, -0.2) is 24.5 Å². The van der Waals surface area contributed by atoms with Gasteiger partial charge in [0.2, 0.25) is 0 Å². The second-order valence-corrected chi connectivity index (χ2v) is 8.14. The summed E-state index contributed by atoms with van der Waals surface area (Å²) in [5.74, 6) is 0. The van der Waals surface area contributed by atoms with Gasteiger partial charge in [0.1, 0.15) is 0 Å². The summed E-state index contributed by atoms with van der Waals surface area (Å²) in [4.78, 5) is 2.79. The zero-order valence-electron chi connectivity index (χ0n) is 18.7. The minimum absolute atomic E-state index is 0. The Morgan fingerprint density at radius 2 is 0.577 bits per heavy atom. The maximum absolute atomic E-state index is 2.79. The van der Waals surface area contributed by atoms with Crippen molar-refractivity contribution in [2.24, 2.45) is 0 Å². The van der Waals surface area contributed by atoms with E-state index in [9.17, 15) is 0 Å². The smallest absolute Gasteiger partial charge is 0 e. The molecule has 0 aliphatic rings. The third kappa shape index (κ3) is 22.7. The Kier molecular flexibility index (Phi) is 28.5. The first-order valence-corrected chi connectivity index (χ1v) is 12.1. The quantitative estimate of drug-likeness (QED) is 0.126. The number of unbranched alkanes of at least 4 members (excludes halogenated alkanes) is 15. The summed E-state index contributed by atoms with van der Waals surface area (Å²) in [5, 5.41) is 0. The molecule has 0 aliphatic heterocycles. The molecule has 26 heavy (non-hydrogen) atoms. The molecular formula is C24H51MoN. The van der Waals surface area contributed by atoms with Gasteiger partial charge in [0, 0.05) is 21.1 Å². The van der Waals surface area contributed by atoms with Crippen molar-refractivity contribution >= 4 is 0 Å². The monoisotopic (exact) mass is 451 g/mol. The number of hydrogen-bond acceptors (Lipinski definition) is 1. The van der Waals surface area contributed by atoms with Crippen LogP contribution >= 0.6 is 0 Å². The number of rotatable bonds is 21. The van der Waals surface area contributed by atoms with Crippen LogP contribution in [0.15, 0.2) is 0 Å². The minimum Gasteiger partial charge on any atom is -0.303 e. The van der Waals surface area contributed by atoms with Gasteiger partial charge >= 0.3 is 0 Å². The zero-order valence-corrected chi connectivity index (χ0v) is 20.7. The van der Waals surface area contributed by atoms with E-state index in [2.05, 4.69) is 25.7 Å². The normalized spacial score (nSPS) is 11.1. The van der Waals surface area contributed by atoms with Gasteiger partial charge in [-0.3, -0.25) is 0 Å². The first-order valence-electron chi connectivity index (χ1n) is 12.1. The van der Waals surface area contributed by atoms with Crippen LogP contribution in [0.3, 0.4) is 0 Å². The zero-order chi connectivity index (χ0) is 18.4. The van der Waals surface area contributed by atoms with E-state index in [0.717, 1.165) is 0 Å². The molecule has 0 heterocycles. The Bertz CT molecular complexity index is 194. The Labute approximate surface area is 181 Å². The van der Waals surface area contributed by atoms with Gasteiger partial charge in [-0.2, -0.15) is 0 Å². The second kappa shape index (κ2) is 25.6. The van der Waals surface area contributed by atoms with E-state index in [4.69, 9.17) is 0 Å². The summed E-state index contributed by atoms with van der Waals surface area (Å²) < 4.78 is 0. The average molecular weight is 450 g/mol. The molecule has 0 unspecified atom stereocenters. The van der Waals surface area contributed by atoms with E-state index in [-0.39, 0.29) is 21.1 Å². The molecule has 0 radical (unpaired) electrons. The van der Waals surface area contributed by atoms with E-state index in [0.29, 0.717) is 0 Å². The van der Waals surface area contributed by atoms with Crippen molar-refractivity contribution in [2.75, 3.05) is 19.6 Å². The van der Waals surface area contributed by atoms with Crippen molar-refractivity contribution < 1.29 is 21.1 Å². The predicted molar refractivity (Wildman–Crippen MR) is 117 cm³/mol. The summed E-state index contributed by atoms with van der Waals surface area (Å²) in [6.07, 6.45) is 25.7. The van der Waals surface area contributed by atoms with Crippen molar-refractivity contribution in [2.45, 2.75) is 136 Å².